The van der Waals surface area contributed by atoms with Crippen LogP contribution >= 0.6 is 11.8 Å². The predicted molar refractivity (Wildman–Crippen MR) is 82.6 cm³/mol. The van der Waals surface area contributed by atoms with Crippen LogP contribution in [0, 0.1) is 0 Å². The average molecular weight is 289 g/mol. The quantitative estimate of drug-likeness (QED) is 0.844. The van der Waals surface area contributed by atoms with Crippen molar-refractivity contribution < 1.29 is 9.59 Å². The standard InChI is InChI=1S/C14H15N3O2S/c1-9(18)15-14-16-13(19)12(20-14)8-10-4-6-11(7-5-10)17(2)3/h4-8H,1-3H3,(H,15,16,18,19). The van der Waals surface area contributed by atoms with Crippen molar-refractivity contribution in [2.45, 2.75) is 6.92 Å². The average Bonchev–Trinajstić information content (AvgIpc) is 2.69. The first-order valence-corrected chi connectivity index (χ1v) is 6.85. The second kappa shape index (κ2) is 5.92. The zero-order valence-electron chi connectivity index (χ0n) is 11.5. The summed E-state index contributed by atoms with van der Waals surface area (Å²) in [6, 6.07) is 7.83. The molecular weight excluding hydrogens is 274 g/mol. The second-order valence-electron chi connectivity index (χ2n) is 4.50. The molecule has 5 nitrogen and oxygen atoms in total. The number of rotatable bonds is 2. The number of benzene rings is 1. The summed E-state index contributed by atoms with van der Waals surface area (Å²) in [4.78, 5) is 28.9. The van der Waals surface area contributed by atoms with Crippen LogP contribution in [0.1, 0.15) is 12.5 Å². The van der Waals surface area contributed by atoms with Gasteiger partial charge in [-0.3, -0.25) is 9.59 Å². The van der Waals surface area contributed by atoms with Crippen LogP contribution in [0.5, 0.6) is 0 Å². The SMILES string of the molecule is CC(=O)NC1=NC(=O)C(=Cc2ccc(N(C)C)cc2)S1. The summed E-state index contributed by atoms with van der Waals surface area (Å²) in [5, 5.41) is 2.85. The van der Waals surface area contributed by atoms with Crippen LogP contribution in [0.25, 0.3) is 6.08 Å². The van der Waals surface area contributed by atoms with Gasteiger partial charge in [-0.15, -0.1) is 0 Å². The van der Waals surface area contributed by atoms with Crippen molar-refractivity contribution in [3.05, 3.63) is 34.7 Å². The summed E-state index contributed by atoms with van der Waals surface area (Å²) in [6.07, 6.45) is 1.77. The number of aliphatic imine (C=N–C) groups is 1. The first kappa shape index (κ1) is 14.3. The summed E-state index contributed by atoms with van der Waals surface area (Å²) in [7, 11) is 3.94. The normalized spacial score (nSPS) is 16.2. The fourth-order valence-electron chi connectivity index (χ4n) is 1.63. The summed E-state index contributed by atoms with van der Waals surface area (Å²) in [5.41, 5.74) is 2.01. The Morgan fingerprint density at radius 3 is 2.50 bits per heavy atom. The molecule has 0 saturated heterocycles. The van der Waals surface area contributed by atoms with Crippen molar-refractivity contribution in [1.82, 2.24) is 5.32 Å². The predicted octanol–water partition coefficient (Wildman–Crippen LogP) is 1.86. The van der Waals surface area contributed by atoms with Gasteiger partial charge in [0.05, 0.1) is 4.91 Å². The Kier molecular flexibility index (Phi) is 4.24. The summed E-state index contributed by atoms with van der Waals surface area (Å²) in [6.45, 7) is 1.38. The zero-order chi connectivity index (χ0) is 14.7. The molecule has 0 bridgehead atoms. The van der Waals surface area contributed by atoms with Gasteiger partial charge in [-0.05, 0) is 35.5 Å². The molecule has 20 heavy (non-hydrogen) atoms. The number of anilines is 1. The first-order valence-electron chi connectivity index (χ1n) is 6.03. The Hall–Kier alpha value is -2.08. The van der Waals surface area contributed by atoms with E-state index in [0.29, 0.717) is 10.1 Å². The van der Waals surface area contributed by atoms with E-state index in [-0.39, 0.29) is 11.8 Å². The van der Waals surface area contributed by atoms with Gasteiger partial charge in [-0.2, -0.15) is 4.99 Å². The topological polar surface area (TPSA) is 61.8 Å². The van der Waals surface area contributed by atoms with Crippen LogP contribution < -0.4 is 10.2 Å². The van der Waals surface area contributed by atoms with Gasteiger partial charge in [0.1, 0.15) is 0 Å². The van der Waals surface area contributed by atoms with Gasteiger partial charge in [0.15, 0.2) is 5.17 Å². The molecule has 2 rings (SSSR count). The highest BCUT2D eigenvalue weighted by Crippen LogP contribution is 2.27. The third-order valence-corrected chi connectivity index (χ3v) is 3.51. The molecule has 0 unspecified atom stereocenters. The molecular formula is C14H15N3O2S. The fraction of sp³-hybridized carbons (Fsp3) is 0.214. The molecule has 0 atom stereocenters. The monoisotopic (exact) mass is 289 g/mol. The van der Waals surface area contributed by atoms with Crippen LogP contribution in [-0.2, 0) is 9.59 Å². The highest BCUT2D eigenvalue weighted by molar-refractivity contribution is 8.18. The van der Waals surface area contributed by atoms with E-state index in [4.69, 9.17) is 0 Å². The number of amidine groups is 1. The lowest BCUT2D eigenvalue weighted by atomic mass is 10.2. The van der Waals surface area contributed by atoms with Gasteiger partial charge in [0.2, 0.25) is 5.91 Å². The Balaban J connectivity index is 2.13. The molecule has 1 heterocycles. The Bertz CT molecular complexity index is 603. The lowest BCUT2D eigenvalue weighted by Gasteiger charge is -2.11. The highest BCUT2D eigenvalue weighted by Gasteiger charge is 2.22. The van der Waals surface area contributed by atoms with Crippen LogP contribution in [0.4, 0.5) is 5.69 Å². The van der Waals surface area contributed by atoms with E-state index < -0.39 is 0 Å². The number of nitrogens with zero attached hydrogens (tertiary/aromatic N) is 2. The van der Waals surface area contributed by atoms with Crippen molar-refractivity contribution >= 4 is 40.5 Å². The minimum Gasteiger partial charge on any atom is -0.378 e. The molecule has 1 N–H and O–H groups in total. The summed E-state index contributed by atoms with van der Waals surface area (Å²) < 4.78 is 0. The van der Waals surface area contributed by atoms with E-state index in [2.05, 4.69) is 10.3 Å². The molecule has 104 valence electrons. The number of hydrogen-bond donors (Lipinski definition) is 1. The number of carbonyl (C=O) groups is 2. The van der Waals surface area contributed by atoms with Crippen molar-refractivity contribution in [2.75, 3.05) is 19.0 Å². The lowest BCUT2D eigenvalue weighted by Crippen LogP contribution is -2.23. The van der Waals surface area contributed by atoms with Gasteiger partial charge in [-0.25, -0.2) is 0 Å². The molecule has 0 aromatic heterocycles. The molecule has 2 amide bonds. The maximum atomic E-state index is 11.7. The molecule has 1 aromatic rings. The molecule has 1 aromatic carbocycles. The fourth-order valence-corrected chi connectivity index (χ4v) is 2.49. The molecule has 0 saturated carbocycles. The molecule has 0 radical (unpaired) electrons. The summed E-state index contributed by atoms with van der Waals surface area (Å²) >= 11 is 1.17. The van der Waals surface area contributed by atoms with E-state index >= 15 is 0 Å². The number of hydrogen-bond acceptors (Lipinski definition) is 4. The number of carbonyl (C=O) groups excluding carboxylic acids is 2. The van der Waals surface area contributed by atoms with Crippen LogP contribution in [0.3, 0.4) is 0 Å². The first-order chi connectivity index (χ1) is 9.45. The van der Waals surface area contributed by atoms with Crippen LogP contribution in [0.2, 0.25) is 0 Å². The van der Waals surface area contributed by atoms with Gasteiger partial charge in [0.25, 0.3) is 5.91 Å². The van der Waals surface area contributed by atoms with E-state index in [0.717, 1.165) is 11.3 Å². The smallest absolute Gasteiger partial charge is 0.286 e. The van der Waals surface area contributed by atoms with Crippen molar-refractivity contribution in [3.63, 3.8) is 0 Å². The molecule has 0 aliphatic carbocycles. The van der Waals surface area contributed by atoms with Crippen molar-refractivity contribution in [1.29, 1.82) is 0 Å². The molecule has 0 spiro atoms. The molecule has 1 aliphatic rings. The summed E-state index contributed by atoms with van der Waals surface area (Å²) in [5.74, 6) is -0.559. The van der Waals surface area contributed by atoms with Crippen molar-refractivity contribution in [2.24, 2.45) is 4.99 Å². The van der Waals surface area contributed by atoms with E-state index in [9.17, 15) is 9.59 Å². The van der Waals surface area contributed by atoms with E-state index in [1.807, 2.05) is 43.3 Å². The second-order valence-corrected chi connectivity index (χ2v) is 5.53. The van der Waals surface area contributed by atoms with Gasteiger partial charge < -0.3 is 10.2 Å². The van der Waals surface area contributed by atoms with Gasteiger partial charge in [-0.1, -0.05) is 12.1 Å². The Labute approximate surface area is 121 Å². The van der Waals surface area contributed by atoms with Crippen LogP contribution in [0.15, 0.2) is 34.2 Å². The number of nitrogens with one attached hydrogen (secondary N) is 1. The molecule has 1 aliphatic heterocycles. The van der Waals surface area contributed by atoms with Crippen molar-refractivity contribution in [3.8, 4) is 0 Å². The minimum absolute atomic E-state index is 0.236. The van der Waals surface area contributed by atoms with E-state index in [1.165, 1.54) is 18.7 Å². The van der Waals surface area contributed by atoms with Gasteiger partial charge >= 0.3 is 0 Å². The Morgan fingerprint density at radius 2 is 1.95 bits per heavy atom. The maximum absolute atomic E-state index is 11.7. The number of thioether (sulfide) groups is 1. The lowest BCUT2D eigenvalue weighted by molar-refractivity contribution is -0.117. The van der Waals surface area contributed by atoms with Crippen LogP contribution in [-0.4, -0.2) is 31.1 Å². The van der Waals surface area contributed by atoms with E-state index in [1.54, 1.807) is 6.08 Å². The number of amides is 2. The maximum Gasteiger partial charge on any atom is 0.286 e. The third kappa shape index (κ3) is 3.48. The Morgan fingerprint density at radius 1 is 1.30 bits per heavy atom. The largest absolute Gasteiger partial charge is 0.378 e. The molecule has 0 fully saturated rings. The minimum atomic E-state index is -0.324. The van der Waals surface area contributed by atoms with Gasteiger partial charge in [0, 0.05) is 26.7 Å². The third-order valence-electron chi connectivity index (χ3n) is 2.61. The zero-order valence-corrected chi connectivity index (χ0v) is 12.3. The highest BCUT2D eigenvalue weighted by atomic mass is 32.2. The molecule has 6 heteroatoms.